The van der Waals surface area contributed by atoms with Crippen molar-refractivity contribution in [1.82, 2.24) is 4.90 Å². The fourth-order valence-electron chi connectivity index (χ4n) is 3.84. The summed E-state index contributed by atoms with van der Waals surface area (Å²) in [5, 5.41) is 4.89. The van der Waals surface area contributed by atoms with Crippen molar-refractivity contribution in [2.75, 3.05) is 35.6 Å². The van der Waals surface area contributed by atoms with Gasteiger partial charge in [0.25, 0.3) is 0 Å². The Morgan fingerprint density at radius 1 is 1.07 bits per heavy atom. The van der Waals surface area contributed by atoms with Crippen molar-refractivity contribution < 1.29 is 9.59 Å². The second-order valence-corrected chi connectivity index (χ2v) is 8.78. The van der Waals surface area contributed by atoms with Crippen LogP contribution < -0.4 is 10.2 Å². The van der Waals surface area contributed by atoms with E-state index < -0.39 is 0 Å². The van der Waals surface area contributed by atoms with Crippen LogP contribution in [-0.4, -0.2) is 42.1 Å². The molecule has 156 valence electrons. The Morgan fingerprint density at radius 2 is 1.77 bits per heavy atom. The van der Waals surface area contributed by atoms with E-state index >= 15 is 0 Å². The molecule has 2 aromatic carbocycles. The first-order valence-electron chi connectivity index (χ1n) is 10.4. The molecule has 0 radical (unpaired) electrons. The Balaban J connectivity index is 1.39. The molecule has 30 heavy (non-hydrogen) atoms. The number of hydrogen-bond donors (Lipinski definition) is 1. The van der Waals surface area contributed by atoms with Crippen LogP contribution in [0.15, 0.2) is 60.0 Å². The molecule has 0 bridgehead atoms. The number of thioether (sulfide) groups is 1. The van der Waals surface area contributed by atoms with Crippen LogP contribution in [0.2, 0.25) is 0 Å². The molecule has 0 aliphatic carbocycles. The van der Waals surface area contributed by atoms with Gasteiger partial charge in [0.2, 0.25) is 11.8 Å². The number of anilines is 2. The van der Waals surface area contributed by atoms with Crippen LogP contribution in [0, 0.1) is 5.92 Å². The first kappa shape index (κ1) is 20.5. The van der Waals surface area contributed by atoms with E-state index in [-0.39, 0.29) is 18.4 Å². The quantitative estimate of drug-likeness (QED) is 0.776. The van der Waals surface area contributed by atoms with Gasteiger partial charge in [-0.15, -0.1) is 11.8 Å². The maximum atomic E-state index is 12.7. The molecule has 2 aliphatic rings. The summed E-state index contributed by atoms with van der Waals surface area (Å²) in [4.78, 5) is 29.1. The molecule has 5 nitrogen and oxygen atoms in total. The maximum Gasteiger partial charge on any atom is 0.244 e. The van der Waals surface area contributed by atoms with Crippen molar-refractivity contribution in [2.45, 2.75) is 19.8 Å². The minimum Gasteiger partial charge on any atom is -0.372 e. The fourth-order valence-corrected chi connectivity index (χ4v) is 4.64. The molecule has 0 aromatic heterocycles. The van der Waals surface area contributed by atoms with Gasteiger partial charge >= 0.3 is 0 Å². The normalized spacial score (nSPS) is 17.6. The number of amides is 2. The first-order chi connectivity index (χ1) is 14.6. The Morgan fingerprint density at radius 3 is 2.47 bits per heavy atom. The van der Waals surface area contributed by atoms with E-state index in [1.54, 1.807) is 4.90 Å². The van der Waals surface area contributed by atoms with Crippen LogP contribution in [0.5, 0.6) is 0 Å². The summed E-state index contributed by atoms with van der Waals surface area (Å²) < 4.78 is 0. The minimum atomic E-state index is -0.198. The highest BCUT2D eigenvalue weighted by atomic mass is 32.2. The van der Waals surface area contributed by atoms with Gasteiger partial charge in [-0.25, -0.2) is 0 Å². The van der Waals surface area contributed by atoms with Crippen LogP contribution >= 0.6 is 11.8 Å². The van der Waals surface area contributed by atoms with E-state index in [9.17, 15) is 9.59 Å². The van der Waals surface area contributed by atoms with Gasteiger partial charge in [0.05, 0.1) is 11.4 Å². The molecular formula is C24H27N3O2S. The fraction of sp³-hybridized carbons (Fsp3) is 0.333. The third kappa shape index (κ3) is 4.87. The van der Waals surface area contributed by atoms with E-state index in [1.165, 1.54) is 30.3 Å². The number of carbonyl (C=O) groups excluding carboxylic acids is 2. The molecule has 6 heteroatoms. The number of nitrogens with zero attached hydrogens (tertiary/aromatic N) is 2. The summed E-state index contributed by atoms with van der Waals surface area (Å²) in [6.45, 7) is 4.47. The largest absolute Gasteiger partial charge is 0.372 e. The summed E-state index contributed by atoms with van der Waals surface area (Å²) >= 11 is 1.47. The SMILES string of the molecule is CC1CCN(c2ccc(NC(=O)CN3C(=O)CSC=C3c3ccccc3)cc2)CC1. The van der Waals surface area contributed by atoms with Crippen molar-refractivity contribution in [1.29, 1.82) is 0 Å². The zero-order valence-corrected chi connectivity index (χ0v) is 18.0. The van der Waals surface area contributed by atoms with Crippen molar-refractivity contribution in [3.8, 4) is 0 Å². The number of piperidine rings is 1. The van der Waals surface area contributed by atoms with E-state index in [0.717, 1.165) is 36.0 Å². The highest BCUT2D eigenvalue weighted by Gasteiger charge is 2.25. The molecule has 0 atom stereocenters. The Hall–Kier alpha value is -2.73. The smallest absolute Gasteiger partial charge is 0.244 e. The van der Waals surface area contributed by atoms with E-state index in [0.29, 0.717) is 5.75 Å². The van der Waals surface area contributed by atoms with Crippen molar-refractivity contribution in [3.63, 3.8) is 0 Å². The lowest BCUT2D eigenvalue weighted by Gasteiger charge is -2.32. The zero-order chi connectivity index (χ0) is 20.9. The van der Waals surface area contributed by atoms with Crippen molar-refractivity contribution in [3.05, 3.63) is 65.6 Å². The zero-order valence-electron chi connectivity index (χ0n) is 17.2. The van der Waals surface area contributed by atoms with Crippen LogP contribution in [0.3, 0.4) is 0 Å². The highest BCUT2D eigenvalue weighted by molar-refractivity contribution is 8.03. The molecule has 1 fully saturated rings. The molecule has 0 spiro atoms. The third-order valence-corrected chi connectivity index (χ3v) is 6.47. The van der Waals surface area contributed by atoms with E-state index in [2.05, 4.69) is 29.3 Å². The third-order valence-electron chi connectivity index (χ3n) is 5.66. The van der Waals surface area contributed by atoms with Crippen molar-refractivity contribution >= 4 is 40.6 Å². The van der Waals surface area contributed by atoms with Gasteiger partial charge < -0.3 is 15.1 Å². The van der Waals surface area contributed by atoms with Crippen LogP contribution in [-0.2, 0) is 9.59 Å². The van der Waals surface area contributed by atoms with Crippen LogP contribution in [0.25, 0.3) is 5.70 Å². The lowest BCUT2D eigenvalue weighted by Crippen LogP contribution is -2.39. The minimum absolute atomic E-state index is 0.00584. The van der Waals surface area contributed by atoms with Crippen LogP contribution in [0.4, 0.5) is 11.4 Å². The summed E-state index contributed by atoms with van der Waals surface area (Å²) in [5.41, 5.74) is 3.66. The van der Waals surface area contributed by atoms with Gasteiger partial charge in [-0.3, -0.25) is 9.59 Å². The van der Waals surface area contributed by atoms with E-state index in [4.69, 9.17) is 0 Å². The molecule has 1 N–H and O–H groups in total. The first-order valence-corrected chi connectivity index (χ1v) is 11.5. The molecule has 2 aliphatic heterocycles. The lowest BCUT2D eigenvalue weighted by molar-refractivity contribution is -0.129. The average molecular weight is 422 g/mol. The summed E-state index contributed by atoms with van der Waals surface area (Å²) in [6.07, 6.45) is 2.44. The Labute approximate surface area is 182 Å². The average Bonchev–Trinajstić information content (AvgIpc) is 2.77. The summed E-state index contributed by atoms with van der Waals surface area (Å²) in [7, 11) is 0. The topological polar surface area (TPSA) is 52.7 Å². The molecular weight excluding hydrogens is 394 g/mol. The monoisotopic (exact) mass is 421 g/mol. The molecule has 0 saturated carbocycles. The molecule has 0 unspecified atom stereocenters. The van der Waals surface area contributed by atoms with E-state index in [1.807, 2.05) is 47.9 Å². The molecule has 1 saturated heterocycles. The maximum absolute atomic E-state index is 12.7. The van der Waals surface area contributed by atoms with Gasteiger partial charge in [0.1, 0.15) is 6.54 Å². The second-order valence-electron chi connectivity index (χ2n) is 7.92. The second kappa shape index (κ2) is 9.39. The highest BCUT2D eigenvalue weighted by Crippen LogP contribution is 2.28. The van der Waals surface area contributed by atoms with Crippen LogP contribution in [0.1, 0.15) is 25.3 Å². The van der Waals surface area contributed by atoms with Gasteiger partial charge in [0, 0.05) is 24.5 Å². The predicted molar refractivity (Wildman–Crippen MR) is 124 cm³/mol. The number of rotatable bonds is 5. The predicted octanol–water partition coefficient (Wildman–Crippen LogP) is 4.44. The standard InChI is InChI=1S/C24H27N3O2S/c1-18-11-13-26(14-12-18)21-9-7-20(8-10-21)25-23(28)15-27-22(16-30-17-24(27)29)19-5-3-2-4-6-19/h2-10,16,18H,11-15,17H2,1H3,(H,25,28). The number of benzene rings is 2. The molecule has 4 rings (SSSR count). The van der Waals surface area contributed by atoms with Gasteiger partial charge in [-0.2, -0.15) is 0 Å². The van der Waals surface area contributed by atoms with Gasteiger partial charge in [-0.05, 0) is 54.0 Å². The number of nitrogens with one attached hydrogen (secondary N) is 1. The number of carbonyl (C=O) groups is 2. The Kier molecular flexibility index (Phi) is 6.43. The summed E-state index contributed by atoms with van der Waals surface area (Å²) in [6, 6.07) is 17.7. The molecule has 2 aromatic rings. The number of hydrogen-bond acceptors (Lipinski definition) is 4. The molecule has 2 amide bonds. The van der Waals surface area contributed by atoms with Crippen molar-refractivity contribution in [2.24, 2.45) is 5.92 Å². The summed E-state index contributed by atoms with van der Waals surface area (Å²) in [5.74, 6) is 0.903. The lowest BCUT2D eigenvalue weighted by atomic mass is 9.99. The van der Waals surface area contributed by atoms with Gasteiger partial charge in [0.15, 0.2) is 0 Å². The molecule has 2 heterocycles. The van der Waals surface area contributed by atoms with Gasteiger partial charge in [-0.1, -0.05) is 37.3 Å². The Bertz CT molecular complexity index is 919.